The summed E-state index contributed by atoms with van der Waals surface area (Å²) >= 11 is 0. The van der Waals surface area contributed by atoms with Crippen molar-refractivity contribution in [1.29, 1.82) is 0 Å². The maximum Gasteiger partial charge on any atom is 0.222 e. The van der Waals surface area contributed by atoms with Gasteiger partial charge in [-0.05, 0) is 42.3 Å². The topological polar surface area (TPSA) is 51.9 Å². The summed E-state index contributed by atoms with van der Waals surface area (Å²) in [6.07, 6.45) is 2.86. The van der Waals surface area contributed by atoms with Crippen LogP contribution in [-0.4, -0.2) is 31.6 Å². The molecule has 1 atom stereocenters. The molecule has 0 unspecified atom stereocenters. The third-order valence-electron chi connectivity index (χ3n) is 5.30. The van der Waals surface area contributed by atoms with E-state index < -0.39 is 0 Å². The van der Waals surface area contributed by atoms with Crippen LogP contribution in [0.15, 0.2) is 71.3 Å². The van der Waals surface area contributed by atoms with Crippen molar-refractivity contribution >= 4 is 5.91 Å². The van der Waals surface area contributed by atoms with Gasteiger partial charge >= 0.3 is 0 Å². The number of benzene rings is 2. The fraction of sp³-hybridized carbons (Fsp3) is 0.320. The number of methoxy groups -OCH3 is 2. The summed E-state index contributed by atoms with van der Waals surface area (Å²) in [5.41, 5.74) is 2.26. The molecule has 1 aromatic heterocycles. The number of rotatable bonds is 10. The van der Waals surface area contributed by atoms with Crippen LogP contribution in [0.2, 0.25) is 0 Å². The van der Waals surface area contributed by atoms with Gasteiger partial charge in [-0.3, -0.25) is 4.79 Å². The Morgan fingerprint density at radius 2 is 1.77 bits per heavy atom. The average molecular weight is 408 g/mol. The van der Waals surface area contributed by atoms with Crippen LogP contribution >= 0.6 is 0 Å². The number of furan rings is 1. The molecule has 0 radical (unpaired) electrons. The molecule has 3 aromatic rings. The van der Waals surface area contributed by atoms with Crippen LogP contribution in [0.1, 0.15) is 42.6 Å². The highest BCUT2D eigenvalue weighted by Gasteiger charge is 2.21. The van der Waals surface area contributed by atoms with E-state index in [-0.39, 0.29) is 11.8 Å². The SMILES string of the molecule is CCC(=O)N(CC[C@@H](c1ccc(OC)cc1)c1ccccc1OC)Cc1ccco1. The van der Waals surface area contributed by atoms with Crippen LogP contribution in [0.4, 0.5) is 0 Å². The molecule has 158 valence electrons. The normalized spacial score (nSPS) is 11.7. The zero-order chi connectivity index (χ0) is 21.3. The third-order valence-corrected chi connectivity index (χ3v) is 5.30. The van der Waals surface area contributed by atoms with Crippen molar-refractivity contribution in [3.05, 3.63) is 83.8 Å². The predicted molar refractivity (Wildman–Crippen MR) is 117 cm³/mol. The van der Waals surface area contributed by atoms with E-state index in [0.29, 0.717) is 19.5 Å². The monoisotopic (exact) mass is 407 g/mol. The zero-order valence-corrected chi connectivity index (χ0v) is 17.8. The first-order valence-corrected chi connectivity index (χ1v) is 10.2. The van der Waals surface area contributed by atoms with Gasteiger partial charge in [0.05, 0.1) is 27.0 Å². The molecule has 0 aliphatic rings. The third kappa shape index (κ3) is 5.23. The molecule has 30 heavy (non-hydrogen) atoms. The van der Waals surface area contributed by atoms with E-state index >= 15 is 0 Å². The molecule has 0 bridgehead atoms. The standard InChI is InChI=1S/C25H29NO4/c1-4-25(27)26(18-21-8-7-17-30-21)16-15-22(19-11-13-20(28-2)14-12-19)23-9-5-6-10-24(23)29-3/h5-14,17,22H,4,15-16,18H2,1-3H3/t22-/m0/s1. The van der Waals surface area contributed by atoms with Gasteiger partial charge in [0.2, 0.25) is 5.91 Å². The zero-order valence-electron chi connectivity index (χ0n) is 17.8. The Labute approximate surface area is 178 Å². The van der Waals surface area contributed by atoms with Crippen LogP contribution in [0.25, 0.3) is 0 Å². The molecule has 5 nitrogen and oxygen atoms in total. The minimum atomic E-state index is 0.0795. The molecule has 0 spiro atoms. The van der Waals surface area contributed by atoms with Crippen molar-refractivity contribution in [1.82, 2.24) is 4.90 Å². The fourth-order valence-electron chi connectivity index (χ4n) is 3.68. The molecule has 0 saturated heterocycles. The summed E-state index contributed by atoms with van der Waals surface area (Å²) in [6, 6.07) is 19.9. The van der Waals surface area contributed by atoms with Crippen molar-refractivity contribution in [3.8, 4) is 11.5 Å². The van der Waals surface area contributed by atoms with E-state index in [1.54, 1.807) is 20.5 Å². The molecule has 2 aromatic carbocycles. The Morgan fingerprint density at radius 3 is 2.40 bits per heavy atom. The lowest BCUT2D eigenvalue weighted by Gasteiger charge is -2.26. The minimum Gasteiger partial charge on any atom is -0.497 e. The van der Waals surface area contributed by atoms with Gasteiger partial charge < -0.3 is 18.8 Å². The fourth-order valence-corrected chi connectivity index (χ4v) is 3.68. The highest BCUT2D eigenvalue weighted by Crippen LogP contribution is 2.35. The predicted octanol–water partition coefficient (Wildman–Crippen LogP) is 5.26. The summed E-state index contributed by atoms with van der Waals surface area (Å²) in [7, 11) is 3.35. The van der Waals surface area contributed by atoms with Crippen molar-refractivity contribution in [3.63, 3.8) is 0 Å². The molecule has 0 N–H and O–H groups in total. The largest absolute Gasteiger partial charge is 0.497 e. The van der Waals surface area contributed by atoms with Crippen LogP contribution < -0.4 is 9.47 Å². The number of amides is 1. The summed E-state index contributed by atoms with van der Waals surface area (Å²) in [5, 5.41) is 0. The second-order valence-electron chi connectivity index (χ2n) is 7.10. The molecule has 0 aliphatic carbocycles. The van der Waals surface area contributed by atoms with Crippen LogP contribution in [0.5, 0.6) is 11.5 Å². The molecule has 0 fully saturated rings. The molecular weight excluding hydrogens is 378 g/mol. The van der Waals surface area contributed by atoms with Crippen LogP contribution in [0, 0.1) is 0 Å². The van der Waals surface area contributed by atoms with Gasteiger partial charge in [-0.15, -0.1) is 0 Å². The molecule has 0 aliphatic heterocycles. The van der Waals surface area contributed by atoms with Crippen LogP contribution in [0.3, 0.4) is 0 Å². The smallest absolute Gasteiger partial charge is 0.222 e. The molecule has 1 heterocycles. The Kier molecular flexibility index (Phi) is 7.55. The molecule has 0 saturated carbocycles. The van der Waals surface area contributed by atoms with Gasteiger partial charge in [0, 0.05) is 24.4 Å². The highest BCUT2D eigenvalue weighted by atomic mass is 16.5. The lowest BCUT2D eigenvalue weighted by atomic mass is 9.87. The second kappa shape index (κ2) is 10.5. The first kappa shape index (κ1) is 21.5. The van der Waals surface area contributed by atoms with Crippen molar-refractivity contribution in [2.24, 2.45) is 0 Å². The van der Waals surface area contributed by atoms with Gasteiger partial charge in [0.15, 0.2) is 0 Å². The van der Waals surface area contributed by atoms with E-state index in [1.165, 1.54) is 0 Å². The first-order chi connectivity index (χ1) is 14.7. The molecule has 1 amide bonds. The highest BCUT2D eigenvalue weighted by molar-refractivity contribution is 5.75. The van der Waals surface area contributed by atoms with Gasteiger partial charge in [0.25, 0.3) is 0 Å². The Bertz CT molecular complexity index is 919. The molecular formula is C25H29NO4. The lowest BCUT2D eigenvalue weighted by molar-refractivity contribution is -0.131. The quantitative estimate of drug-likeness (QED) is 0.460. The van der Waals surface area contributed by atoms with E-state index in [2.05, 4.69) is 18.2 Å². The van der Waals surface area contributed by atoms with Crippen molar-refractivity contribution in [2.45, 2.75) is 32.2 Å². The number of hydrogen-bond acceptors (Lipinski definition) is 4. The Hall–Kier alpha value is -3.21. The molecule has 5 heteroatoms. The van der Waals surface area contributed by atoms with E-state index in [1.807, 2.05) is 54.3 Å². The number of nitrogens with zero attached hydrogens (tertiary/aromatic N) is 1. The van der Waals surface area contributed by atoms with Gasteiger partial charge in [-0.1, -0.05) is 37.3 Å². The summed E-state index contributed by atoms with van der Waals surface area (Å²) in [5.74, 6) is 2.64. The number of carbonyl (C=O) groups is 1. The number of carbonyl (C=O) groups excluding carboxylic acids is 1. The van der Waals surface area contributed by atoms with Gasteiger partial charge in [-0.25, -0.2) is 0 Å². The van der Waals surface area contributed by atoms with Gasteiger partial charge in [0.1, 0.15) is 17.3 Å². The minimum absolute atomic E-state index is 0.0795. The second-order valence-corrected chi connectivity index (χ2v) is 7.10. The van der Waals surface area contributed by atoms with Gasteiger partial charge in [-0.2, -0.15) is 0 Å². The maximum atomic E-state index is 12.6. The average Bonchev–Trinajstić information content (AvgIpc) is 3.31. The number of hydrogen-bond donors (Lipinski definition) is 0. The molecule has 3 rings (SSSR count). The lowest BCUT2D eigenvalue weighted by Crippen LogP contribution is -2.31. The summed E-state index contributed by atoms with van der Waals surface area (Å²) in [6.45, 7) is 2.97. The first-order valence-electron chi connectivity index (χ1n) is 10.2. The van der Waals surface area contributed by atoms with Crippen molar-refractivity contribution in [2.75, 3.05) is 20.8 Å². The number of ether oxygens (including phenoxy) is 2. The Balaban J connectivity index is 1.87. The number of para-hydroxylation sites is 1. The Morgan fingerprint density at radius 1 is 1.00 bits per heavy atom. The van der Waals surface area contributed by atoms with E-state index in [4.69, 9.17) is 13.9 Å². The van der Waals surface area contributed by atoms with E-state index in [9.17, 15) is 4.79 Å². The van der Waals surface area contributed by atoms with E-state index in [0.717, 1.165) is 34.8 Å². The van der Waals surface area contributed by atoms with Crippen LogP contribution in [-0.2, 0) is 11.3 Å². The maximum absolute atomic E-state index is 12.6. The van der Waals surface area contributed by atoms with Crippen molar-refractivity contribution < 1.29 is 18.7 Å². The summed E-state index contributed by atoms with van der Waals surface area (Å²) < 4.78 is 16.4. The summed E-state index contributed by atoms with van der Waals surface area (Å²) in [4.78, 5) is 14.4.